The van der Waals surface area contributed by atoms with Crippen LogP contribution in [0.1, 0.15) is 42.5 Å². The van der Waals surface area contributed by atoms with Gasteiger partial charge in [0.1, 0.15) is 11.0 Å². The van der Waals surface area contributed by atoms with Gasteiger partial charge in [0.25, 0.3) is 5.91 Å². The Bertz CT molecular complexity index is 503. The van der Waals surface area contributed by atoms with Crippen molar-refractivity contribution in [2.75, 3.05) is 28.2 Å². The van der Waals surface area contributed by atoms with Crippen LogP contribution in [0.4, 0.5) is 4.79 Å². The second kappa shape index (κ2) is 10.2. The summed E-state index contributed by atoms with van der Waals surface area (Å²) in [6.45, 7) is 8.20. The third kappa shape index (κ3) is 4.91. The van der Waals surface area contributed by atoms with Crippen LogP contribution in [-0.2, 0) is 4.79 Å². The molecule has 26 heavy (non-hydrogen) atoms. The van der Waals surface area contributed by atoms with Crippen molar-refractivity contribution >= 4 is 46.5 Å². The van der Waals surface area contributed by atoms with Gasteiger partial charge in [0.05, 0.1) is 6.04 Å². The first-order chi connectivity index (χ1) is 10.9. The molecule has 0 aromatic heterocycles. The van der Waals surface area contributed by atoms with Crippen molar-refractivity contribution in [3.63, 3.8) is 0 Å². The first kappa shape index (κ1) is 26.9. The molecule has 0 aromatic carbocycles. The van der Waals surface area contributed by atoms with Crippen molar-refractivity contribution in [1.29, 1.82) is 0 Å². The largest absolute Gasteiger partial charge is 0.340 e. The zero-order valence-electron chi connectivity index (χ0n) is 15.7. The summed E-state index contributed by atoms with van der Waals surface area (Å²) in [4.78, 5) is 30.3. The number of urea groups is 1. The van der Waals surface area contributed by atoms with E-state index >= 15 is 0 Å². The molecule has 0 radical (unpaired) electrons. The Morgan fingerprint density at radius 1 is 0.769 bits per heavy atom. The molecule has 152 valence electrons. The lowest BCUT2D eigenvalue weighted by Gasteiger charge is -2.20. The molecule has 0 aliphatic carbocycles. The smallest absolute Gasteiger partial charge is 0.325 e. The van der Waals surface area contributed by atoms with E-state index < -0.39 is 0 Å². The van der Waals surface area contributed by atoms with Crippen molar-refractivity contribution < 1.29 is 9.59 Å². The van der Waals surface area contributed by atoms with Crippen LogP contribution < -0.4 is 0 Å². The molecule has 3 amide bonds. The highest BCUT2D eigenvalue weighted by atomic mass is 32.1. The van der Waals surface area contributed by atoms with Crippen LogP contribution in [0.3, 0.4) is 0 Å². The monoisotopic (exact) mass is 404 g/mol. The maximum Gasteiger partial charge on any atom is 0.325 e. The number of hydrogen-bond donors (Lipinski definition) is 0. The first-order valence-corrected chi connectivity index (χ1v) is 8.83. The minimum atomic E-state index is -0.0671. The van der Waals surface area contributed by atoms with Crippen LogP contribution >= 0.6 is 24.4 Å². The molecule has 2 unspecified atom stereocenters. The van der Waals surface area contributed by atoms with Gasteiger partial charge in [-0.05, 0) is 24.1 Å². The first-order valence-electron chi connectivity index (χ1n) is 8.02. The number of amides is 3. The highest BCUT2D eigenvalue weighted by molar-refractivity contribution is 7.80. The lowest BCUT2D eigenvalue weighted by atomic mass is 10.0. The van der Waals surface area contributed by atoms with Crippen molar-refractivity contribution in [2.45, 2.75) is 54.6 Å². The second-order valence-electron chi connectivity index (χ2n) is 6.96. The summed E-state index contributed by atoms with van der Waals surface area (Å²) in [5, 5.41) is 0.624. The van der Waals surface area contributed by atoms with Crippen molar-refractivity contribution in [3.05, 3.63) is 0 Å². The van der Waals surface area contributed by atoms with Gasteiger partial charge < -0.3 is 9.80 Å². The maximum atomic E-state index is 11.6. The second-order valence-corrected chi connectivity index (χ2v) is 7.74. The van der Waals surface area contributed by atoms with Crippen molar-refractivity contribution in [3.8, 4) is 0 Å². The number of hydrogen-bond acceptors (Lipinski definition) is 4. The summed E-state index contributed by atoms with van der Waals surface area (Å²) >= 11 is 10.2. The van der Waals surface area contributed by atoms with Crippen LogP contribution in [0.2, 0.25) is 0 Å². The Morgan fingerprint density at radius 3 is 1.35 bits per heavy atom. The zero-order chi connectivity index (χ0) is 18.9. The average molecular weight is 405 g/mol. The molecule has 2 fully saturated rings. The molecular formula is C18H36N4O2S2. The van der Waals surface area contributed by atoms with E-state index in [0.717, 1.165) is 4.99 Å². The number of carbonyl (C=O) groups excluding carboxylic acids is 2. The van der Waals surface area contributed by atoms with Gasteiger partial charge in [0.2, 0.25) is 0 Å². The fourth-order valence-electron chi connectivity index (χ4n) is 3.09. The fraction of sp³-hybridized carbons (Fsp3) is 0.778. The molecule has 0 spiro atoms. The molecule has 8 heteroatoms. The van der Waals surface area contributed by atoms with Crippen LogP contribution in [0.25, 0.3) is 0 Å². The van der Waals surface area contributed by atoms with Crippen LogP contribution in [0, 0.1) is 11.8 Å². The Kier molecular flexibility index (Phi) is 10.5. The molecule has 2 aliphatic rings. The number of likely N-dealkylation sites (N-methyl/N-ethyl adjacent to an activating group) is 4. The van der Waals surface area contributed by atoms with E-state index in [4.69, 9.17) is 24.4 Å². The third-order valence-corrected chi connectivity index (χ3v) is 5.52. The highest BCUT2D eigenvalue weighted by Gasteiger charge is 2.40. The molecule has 6 nitrogen and oxygen atoms in total. The van der Waals surface area contributed by atoms with Gasteiger partial charge in [0.15, 0.2) is 5.11 Å². The lowest BCUT2D eigenvalue weighted by molar-refractivity contribution is -0.128. The predicted octanol–water partition coefficient (Wildman–Crippen LogP) is 3.31. The average Bonchev–Trinajstić information content (AvgIpc) is 2.80. The van der Waals surface area contributed by atoms with E-state index in [1.54, 1.807) is 35.8 Å². The molecule has 0 saturated carbocycles. The highest BCUT2D eigenvalue weighted by Crippen LogP contribution is 2.21. The van der Waals surface area contributed by atoms with Gasteiger partial charge in [-0.1, -0.05) is 54.8 Å². The van der Waals surface area contributed by atoms with Gasteiger partial charge in [0, 0.05) is 28.2 Å². The molecule has 2 aliphatic heterocycles. The summed E-state index contributed by atoms with van der Waals surface area (Å²) in [7, 11) is 7.12. The SMILES string of the molecule is C.C.CC(C)C1C(=O)N(C)C(=S)N1C.CC(C)C1C(=S)N(C)C(=O)N1C. The fourth-order valence-corrected chi connectivity index (χ4v) is 3.80. The summed E-state index contributed by atoms with van der Waals surface area (Å²) < 4.78 is 0. The number of thiocarbonyl (C=S) groups is 2. The molecule has 2 heterocycles. The minimum Gasteiger partial charge on any atom is -0.340 e. The minimum absolute atomic E-state index is 0. The van der Waals surface area contributed by atoms with Crippen LogP contribution in [0.15, 0.2) is 0 Å². The van der Waals surface area contributed by atoms with Gasteiger partial charge in [-0.15, -0.1) is 0 Å². The standard InChI is InChI=1S/2C8H14N2OS.2CH4/c1-5(2)6-7(12)10(4)8(11)9(6)3;1-5(2)6-7(11)10(4)8(12)9(6)3;;/h2*5-6H,1-4H3;2*1H4. The van der Waals surface area contributed by atoms with Gasteiger partial charge in [-0.25, -0.2) is 4.79 Å². The predicted molar refractivity (Wildman–Crippen MR) is 117 cm³/mol. The quantitative estimate of drug-likeness (QED) is 0.661. The summed E-state index contributed by atoms with van der Waals surface area (Å²) in [5.41, 5.74) is 0. The number of rotatable bonds is 2. The summed E-state index contributed by atoms with van der Waals surface area (Å²) in [6, 6.07) is 0.0266. The van der Waals surface area contributed by atoms with E-state index in [0.29, 0.717) is 16.9 Å². The summed E-state index contributed by atoms with van der Waals surface area (Å²) in [6.07, 6.45) is 0. The molecule has 2 saturated heterocycles. The molecule has 0 aromatic rings. The van der Waals surface area contributed by atoms with Crippen LogP contribution in [-0.4, -0.2) is 81.9 Å². The molecule has 2 rings (SSSR count). The van der Waals surface area contributed by atoms with E-state index in [1.807, 2.05) is 25.8 Å². The summed E-state index contributed by atoms with van der Waals surface area (Å²) in [5.74, 6) is 0.805. The van der Waals surface area contributed by atoms with E-state index in [-0.39, 0.29) is 38.9 Å². The van der Waals surface area contributed by atoms with Crippen molar-refractivity contribution in [1.82, 2.24) is 19.6 Å². The third-order valence-electron chi connectivity index (χ3n) is 4.44. The topological polar surface area (TPSA) is 47.1 Å². The Labute approximate surface area is 170 Å². The maximum absolute atomic E-state index is 11.6. The zero-order valence-corrected chi connectivity index (χ0v) is 17.4. The van der Waals surface area contributed by atoms with Crippen LogP contribution in [0.5, 0.6) is 0 Å². The molecule has 0 bridgehead atoms. The van der Waals surface area contributed by atoms with Gasteiger partial charge in [-0.3, -0.25) is 14.6 Å². The normalized spacial score (nSPS) is 22.7. The lowest BCUT2D eigenvalue weighted by Crippen LogP contribution is -2.35. The van der Waals surface area contributed by atoms with E-state index in [2.05, 4.69) is 13.8 Å². The Balaban J connectivity index is 0. The Morgan fingerprint density at radius 2 is 1.19 bits per heavy atom. The van der Waals surface area contributed by atoms with Gasteiger partial charge >= 0.3 is 6.03 Å². The molecular weight excluding hydrogens is 368 g/mol. The molecule has 2 atom stereocenters. The Hall–Kier alpha value is -1.28. The number of nitrogens with zero attached hydrogens (tertiary/aromatic N) is 4. The molecule has 0 N–H and O–H groups in total. The number of carbonyl (C=O) groups is 2. The van der Waals surface area contributed by atoms with Crippen molar-refractivity contribution in [2.24, 2.45) is 11.8 Å². The van der Waals surface area contributed by atoms with E-state index in [9.17, 15) is 9.59 Å². The van der Waals surface area contributed by atoms with Gasteiger partial charge in [-0.2, -0.15) is 0 Å². The van der Waals surface area contributed by atoms with E-state index in [1.165, 1.54) is 0 Å².